The van der Waals surface area contributed by atoms with Gasteiger partial charge in [0.05, 0.1) is 28.3 Å². The Balaban J connectivity index is 1.24. The maximum atomic E-state index is 13.0. The Bertz CT molecular complexity index is 1510. The Kier molecular flexibility index (Phi) is 6.11. The van der Waals surface area contributed by atoms with Crippen LogP contribution in [-0.2, 0) is 17.5 Å². The van der Waals surface area contributed by atoms with Gasteiger partial charge in [-0.3, -0.25) is 19.1 Å². The van der Waals surface area contributed by atoms with Gasteiger partial charge in [0, 0.05) is 56.4 Å². The number of aromatic nitrogens is 3. The largest absolute Gasteiger partial charge is 0.416 e. The van der Waals surface area contributed by atoms with Gasteiger partial charge in [0.1, 0.15) is 0 Å². The summed E-state index contributed by atoms with van der Waals surface area (Å²) in [5.74, 6) is -0.113. The Morgan fingerprint density at radius 1 is 1.00 bits per heavy atom. The molecule has 5 rings (SSSR count). The average molecular weight is 496 g/mol. The molecule has 0 bridgehead atoms. The van der Waals surface area contributed by atoms with Crippen molar-refractivity contribution in [3.05, 3.63) is 76.5 Å². The Morgan fingerprint density at radius 2 is 1.78 bits per heavy atom. The van der Waals surface area contributed by atoms with Crippen molar-refractivity contribution in [1.29, 1.82) is 0 Å². The lowest BCUT2D eigenvalue weighted by Gasteiger charge is -2.36. The lowest BCUT2D eigenvalue weighted by molar-refractivity contribution is -0.137. The van der Waals surface area contributed by atoms with Crippen molar-refractivity contribution in [3.63, 3.8) is 0 Å². The van der Waals surface area contributed by atoms with Gasteiger partial charge < -0.3 is 9.80 Å². The minimum atomic E-state index is -4.40. The van der Waals surface area contributed by atoms with E-state index in [0.717, 1.165) is 28.6 Å². The van der Waals surface area contributed by atoms with Gasteiger partial charge in [-0.25, -0.2) is 4.98 Å². The fourth-order valence-electron chi connectivity index (χ4n) is 4.55. The summed E-state index contributed by atoms with van der Waals surface area (Å²) in [6.45, 7) is 3.81. The molecule has 4 aromatic rings. The van der Waals surface area contributed by atoms with E-state index in [1.807, 2.05) is 30.0 Å². The smallest absolute Gasteiger partial charge is 0.368 e. The second-order valence-electron chi connectivity index (χ2n) is 8.95. The highest BCUT2D eigenvalue weighted by atomic mass is 19.4. The zero-order valence-corrected chi connectivity index (χ0v) is 19.6. The lowest BCUT2D eigenvalue weighted by Crippen LogP contribution is -2.49. The molecular formula is C26H24F3N5O2. The van der Waals surface area contributed by atoms with Crippen LogP contribution in [0, 0.1) is 6.92 Å². The summed E-state index contributed by atoms with van der Waals surface area (Å²) < 4.78 is 40.5. The normalized spacial score (nSPS) is 14.6. The SMILES string of the molecule is Cc1ccc2ncc3c(=O)n(CCC(=O)N4CCN(c5cccc(C(F)(F)F)c5)CC4)cnc3c2c1. The number of hydrogen-bond donors (Lipinski definition) is 0. The van der Waals surface area contributed by atoms with Crippen molar-refractivity contribution in [2.24, 2.45) is 0 Å². The lowest BCUT2D eigenvalue weighted by atomic mass is 10.1. The highest BCUT2D eigenvalue weighted by molar-refractivity contribution is 6.02. The van der Waals surface area contributed by atoms with E-state index < -0.39 is 11.7 Å². The second-order valence-corrected chi connectivity index (χ2v) is 8.95. The van der Waals surface area contributed by atoms with E-state index in [2.05, 4.69) is 9.97 Å². The fourth-order valence-corrected chi connectivity index (χ4v) is 4.55. The number of carbonyl (C=O) groups is 1. The predicted molar refractivity (Wildman–Crippen MR) is 131 cm³/mol. The molecule has 36 heavy (non-hydrogen) atoms. The Hall–Kier alpha value is -3.95. The highest BCUT2D eigenvalue weighted by Crippen LogP contribution is 2.32. The van der Waals surface area contributed by atoms with E-state index in [1.54, 1.807) is 11.0 Å². The quantitative estimate of drug-likeness (QED) is 0.400. The van der Waals surface area contributed by atoms with Gasteiger partial charge in [-0.2, -0.15) is 13.2 Å². The van der Waals surface area contributed by atoms with Crippen LogP contribution in [0.1, 0.15) is 17.5 Å². The maximum absolute atomic E-state index is 13.0. The zero-order chi connectivity index (χ0) is 25.4. The summed E-state index contributed by atoms with van der Waals surface area (Å²) in [4.78, 5) is 38.2. The molecule has 0 saturated carbocycles. The molecule has 1 fully saturated rings. The number of hydrogen-bond acceptors (Lipinski definition) is 5. The third-order valence-electron chi connectivity index (χ3n) is 6.55. The topological polar surface area (TPSA) is 71.3 Å². The van der Waals surface area contributed by atoms with Crippen molar-refractivity contribution in [2.45, 2.75) is 26.1 Å². The number of alkyl halides is 3. The first-order valence-corrected chi connectivity index (χ1v) is 11.7. The van der Waals surface area contributed by atoms with Crippen LogP contribution in [0.5, 0.6) is 0 Å². The van der Waals surface area contributed by atoms with Crippen LogP contribution in [0.15, 0.2) is 59.8 Å². The summed E-state index contributed by atoms with van der Waals surface area (Å²) >= 11 is 0. The van der Waals surface area contributed by atoms with Crippen LogP contribution >= 0.6 is 0 Å². The van der Waals surface area contributed by atoms with E-state index >= 15 is 0 Å². The van der Waals surface area contributed by atoms with Crippen molar-refractivity contribution in [3.8, 4) is 0 Å². The number of nitrogens with zero attached hydrogens (tertiary/aromatic N) is 5. The minimum absolute atomic E-state index is 0.113. The van der Waals surface area contributed by atoms with Gasteiger partial charge in [-0.1, -0.05) is 17.7 Å². The number of benzene rings is 2. The molecule has 0 aliphatic carbocycles. The van der Waals surface area contributed by atoms with Crippen LogP contribution in [0.25, 0.3) is 21.8 Å². The first-order chi connectivity index (χ1) is 17.2. The highest BCUT2D eigenvalue weighted by Gasteiger charge is 2.31. The van der Waals surface area contributed by atoms with Crippen LogP contribution in [-0.4, -0.2) is 51.5 Å². The van der Waals surface area contributed by atoms with Gasteiger partial charge in [-0.05, 0) is 37.3 Å². The molecule has 1 aliphatic rings. The monoisotopic (exact) mass is 495 g/mol. The molecule has 0 spiro atoms. The molecule has 0 radical (unpaired) electrons. The number of halogens is 3. The molecule has 1 saturated heterocycles. The number of piperazine rings is 1. The maximum Gasteiger partial charge on any atom is 0.416 e. The standard InChI is InChI=1S/C26H24F3N5O2/c1-17-5-6-22-20(13-17)24-21(15-30-22)25(36)34(16-31-24)8-7-23(35)33-11-9-32(10-12-33)19-4-2-3-18(14-19)26(27,28)29/h2-6,13-16H,7-12H2,1H3. The number of amides is 1. The summed E-state index contributed by atoms with van der Waals surface area (Å²) in [6.07, 6.45) is -1.29. The zero-order valence-electron chi connectivity index (χ0n) is 19.6. The number of anilines is 1. The molecule has 10 heteroatoms. The van der Waals surface area contributed by atoms with Gasteiger partial charge in [0.15, 0.2) is 0 Å². The fraction of sp³-hybridized carbons (Fsp3) is 0.308. The van der Waals surface area contributed by atoms with Crippen LogP contribution in [0.3, 0.4) is 0 Å². The number of fused-ring (bicyclic) bond motifs is 3. The van der Waals surface area contributed by atoms with E-state index in [9.17, 15) is 22.8 Å². The van der Waals surface area contributed by atoms with Gasteiger partial charge >= 0.3 is 6.18 Å². The third-order valence-corrected chi connectivity index (χ3v) is 6.55. The molecule has 0 unspecified atom stereocenters. The summed E-state index contributed by atoms with van der Waals surface area (Å²) in [5.41, 5.74) is 1.94. The van der Waals surface area contributed by atoms with Gasteiger partial charge in [-0.15, -0.1) is 0 Å². The number of carbonyl (C=O) groups excluding carboxylic acids is 1. The molecule has 2 aromatic carbocycles. The van der Waals surface area contributed by atoms with Gasteiger partial charge in [0.2, 0.25) is 5.91 Å². The van der Waals surface area contributed by atoms with E-state index in [4.69, 9.17) is 0 Å². The molecule has 2 aromatic heterocycles. The van der Waals surface area contributed by atoms with Crippen molar-refractivity contribution in [2.75, 3.05) is 31.1 Å². The van der Waals surface area contributed by atoms with Crippen LogP contribution in [0.4, 0.5) is 18.9 Å². The molecule has 7 nitrogen and oxygen atoms in total. The first-order valence-electron chi connectivity index (χ1n) is 11.7. The number of pyridine rings is 1. The summed E-state index contributed by atoms with van der Waals surface area (Å²) in [6, 6.07) is 11.0. The first kappa shape index (κ1) is 23.8. The van der Waals surface area contributed by atoms with Crippen molar-refractivity contribution < 1.29 is 18.0 Å². The molecular weight excluding hydrogens is 471 g/mol. The molecule has 3 heterocycles. The molecule has 0 N–H and O–H groups in total. The minimum Gasteiger partial charge on any atom is -0.368 e. The average Bonchev–Trinajstić information content (AvgIpc) is 2.87. The molecule has 1 aliphatic heterocycles. The number of rotatable bonds is 4. The predicted octanol–water partition coefficient (Wildman–Crippen LogP) is 4.01. The third kappa shape index (κ3) is 4.62. The number of aryl methyl sites for hydroxylation is 2. The Labute approximate surface area is 204 Å². The van der Waals surface area contributed by atoms with E-state index in [-0.39, 0.29) is 24.4 Å². The second kappa shape index (κ2) is 9.25. The van der Waals surface area contributed by atoms with Crippen LogP contribution in [0.2, 0.25) is 0 Å². The molecule has 1 amide bonds. The summed E-state index contributed by atoms with van der Waals surface area (Å²) in [7, 11) is 0. The van der Waals surface area contributed by atoms with Crippen molar-refractivity contribution >= 4 is 33.4 Å². The molecule has 186 valence electrons. The molecule has 0 atom stereocenters. The van der Waals surface area contributed by atoms with Gasteiger partial charge in [0.25, 0.3) is 5.56 Å². The summed E-state index contributed by atoms with van der Waals surface area (Å²) in [5, 5.41) is 1.21. The van der Waals surface area contributed by atoms with Crippen LogP contribution < -0.4 is 10.5 Å². The van der Waals surface area contributed by atoms with Crippen molar-refractivity contribution in [1.82, 2.24) is 19.4 Å². The Morgan fingerprint density at radius 3 is 2.53 bits per heavy atom. The van der Waals surface area contributed by atoms with E-state index in [1.165, 1.54) is 23.2 Å². The van der Waals surface area contributed by atoms with E-state index in [0.29, 0.717) is 42.8 Å².